The molecule has 0 radical (unpaired) electrons. The van der Waals surface area contributed by atoms with Crippen LogP contribution in [0.3, 0.4) is 0 Å². The summed E-state index contributed by atoms with van der Waals surface area (Å²) in [5.41, 5.74) is 3.25. The van der Waals surface area contributed by atoms with Crippen LogP contribution in [0.4, 0.5) is 10.8 Å². The number of hydrogen-bond donors (Lipinski definition) is 3. The fourth-order valence-corrected chi connectivity index (χ4v) is 6.01. The van der Waals surface area contributed by atoms with Crippen LogP contribution in [-0.2, 0) is 9.59 Å². The Balaban J connectivity index is 1.22. The van der Waals surface area contributed by atoms with Gasteiger partial charge in [-0.1, -0.05) is 42.5 Å². The molecular formula is C36H32N4O5S2. The summed E-state index contributed by atoms with van der Waals surface area (Å²) in [4.78, 5) is 44.7. The van der Waals surface area contributed by atoms with Gasteiger partial charge in [0.25, 0.3) is 11.8 Å². The standard InChI is InChI=1S/C36H32N4O5S2/c1-23(33(41)40-36-39-31(22-46-36)29-14-7-8-15-32(29)45-3)47-28-18-16-26(17-19-28)37-35(43)30(21-24-10-9-13-27(20-24)44-2)38-34(42)25-11-5-4-6-12-25/h4-23H,1-3H3,(H,37,43)(H,38,42)(H,39,40,41)/b30-21-. The molecule has 238 valence electrons. The van der Waals surface area contributed by atoms with Crippen LogP contribution >= 0.6 is 23.1 Å². The van der Waals surface area contributed by atoms with Gasteiger partial charge in [-0.15, -0.1) is 23.1 Å². The summed E-state index contributed by atoms with van der Waals surface area (Å²) in [7, 11) is 3.17. The van der Waals surface area contributed by atoms with Crippen molar-refractivity contribution in [3.8, 4) is 22.8 Å². The monoisotopic (exact) mass is 664 g/mol. The smallest absolute Gasteiger partial charge is 0.272 e. The second-order valence-corrected chi connectivity index (χ2v) is 12.4. The largest absolute Gasteiger partial charge is 0.497 e. The third kappa shape index (κ3) is 8.87. The molecule has 0 aliphatic carbocycles. The number of aromatic nitrogens is 1. The molecule has 47 heavy (non-hydrogen) atoms. The number of thiazole rings is 1. The van der Waals surface area contributed by atoms with Gasteiger partial charge in [0.15, 0.2) is 5.13 Å². The summed E-state index contributed by atoms with van der Waals surface area (Å²) in [5, 5.41) is 10.4. The van der Waals surface area contributed by atoms with Crippen LogP contribution in [0.5, 0.6) is 11.5 Å². The molecule has 5 rings (SSSR count). The SMILES string of the molecule is COc1cccc(/C=C(\NC(=O)c2ccccc2)C(=O)Nc2ccc(SC(C)C(=O)Nc3nc(-c4ccccc4OC)cs3)cc2)c1. The Bertz CT molecular complexity index is 1890. The molecule has 1 heterocycles. The highest BCUT2D eigenvalue weighted by Gasteiger charge is 2.18. The van der Waals surface area contributed by atoms with Gasteiger partial charge in [-0.05, 0) is 79.2 Å². The lowest BCUT2D eigenvalue weighted by atomic mass is 10.1. The van der Waals surface area contributed by atoms with Gasteiger partial charge in [0, 0.05) is 27.1 Å². The third-order valence-corrected chi connectivity index (χ3v) is 8.71. The summed E-state index contributed by atoms with van der Waals surface area (Å²) in [5.74, 6) is 0.229. The highest BCUT2D eigenvalue weighted by molar-refractivity contribution is 8.00. The maximum Gasteiger partial charge on any atom is 0.272 e. The number of thioether (sulfide) groups is 1. The van der Waals surface area contributed by atoms with Gasteiger partial charge in [-0.2, -0.15) is 0 Å². The lowest BCUT2D eigenvalue weighted by Gasteiger charge is -2.13. The number of nitrogens with zero attached hydrogens (tertiary/aromatic N) is 1. The Kier molecular flexibility index (Phi) is 11.1. The van der Waals surface area contributed by atoms with Crippen LogP contribution in [0.2, 0.25) is 0 Å². The number of methoxy groups -OCH3 is 2. The molecule has 1 atom stereocenters. The van der Waals surface area contributed by atoms with Crippen LogP contribution in [0, 0.1) is 0 Å². The number of ether oxygens (including phenoxy) is 2. The van der Waals surface area contributed by atoms with Crippen molar-refractivity contribution in [2.75, 3.05) is 24.9 Å². The quantitative estimate of drug-likeness (QED) is 0.0943. The molecule has 0 aliphatic heterocycles. The molecular weight excluding hydrogens is 633 g/mol. The Hall–Kier alpha value is -5.39. The van der Waals surface area contributed by atoms with Gasteiger partial charge >= 0.3 is 0 Å². The van der Waals surface area contributed by atoms with E-state index in [0.717, 1.165) is 16.2 Å². The molecule has 9 nitrogen and oxygen atoms in total. The minimum atomic E-state index is -0.499. The molecule has 0 fully saturated rings. The fourth-order valence-electron chi connectivity index (χ4n) is 4.43. The minimum Gasteiger partial charge on any atom is -0.497 e. The van der Waals surface area contributed by atoms with Crippen molar-refractivity contribution < 1.29 is 23.9 Å². The van der Waals surface area contributed by atoms with Gasteiger partial charge in [0.2, 0.25) is 5.91 Å². The topological polar surface area (TPSA) is 119 Å². The predicted molar refractivity (Wildman–Crippen MR) is 188 cm³/mol. The zero-order valence-electron chi connectivity index (χ0n) is 25.9. The summed E-state index contributed by atoms with van der Waals surface area (Å²) >= 11 is 2.72. The number of amides is 3. The Morgan fingerprint density at radius 2 is 1.60 bits per heavy atom. The molecule has 0 bridgehead atoms. The number of para-hydroxylation sites is 1. The van der Waals surface area contributed by atoms with Crippen LogP contribution in [0.25, 0.3) is 17.3 Å². The Morgan fingerprint density at radius 1 is 0.851 bits per heavy atom. The maximum absolute atomic E-state index is 13.4. The molecule has 5 aromatic rings. The van der Waals surface area contributed by atoms with E-state index in [1.54, 1.807) is 74.9 Å². The number of anilines is 2. The van der Waals surface area contributed by atoms with Crippen molar-refractivity contribution in [1.82, 2.24) is 10.3 Å². The van der Waals surface area contributed by atoms with E-state index in [1.807, 2.05) is 60.8 Å². The average molecular weight is 665 g/mol. The zero-order valence-corrected chi connectivity index (χ0v) is 27.5. The first-order valence-corrected chi connectivity index (χ1v) is 16.3. The molecule has 1 aromatic heterocycles. The molecule has 1 unspecified atom stereocenters. The summed E-state index contributed by atoms with van der Waals surface area (Å²) in [6.45, 7) is 1.81. The van der Waals surface area contributed by atoms with Crippen LogP contribution in [0.1, 0.15) is 22.8 Å². The number of hydrogen-bond acceptors (Lipinski definition) is 8. The van der Waals surface area contributed by atoms with Gasteiger partial charge in [-0.25, -0.2) is 4.98 Å². The summed E-state index contributed by atoms with van der Waals surface area (Å²) in [6, 6.07) is 30.5. The van der Waals surface area contributed by atoms with Crippen molar-refractivity contribution in [2.24, 2.45) is 0 Å². The van der Waals surface area contributed by atoms with Crippen molar-refractivity contribution in [1.29, 1.82) is 0 Å². The summed E-state index contributed by atoms with van der Waals surface area (Å²) in [6.07, 6.45) is 1.59. The zero-order chi connectivity index (χ0) is 33.2. The van der Waals surface area contributed by atoms with E-state index in [-0.39, 0.29) is 11.6 Å². The number of nitrogens with one attached hydrogen (secondary N) is 3. The van der Waals surface area contributed by atoms with Crippen molar-refractivity contribution in [3.05, 3.63) is 125 Å². The second-order valence-electron chi connectivity index (χ2n) is 10.1. The highest BCUT2D eigenvalue weighted by Crippen LogP contribution is 2.32. The van der Waals surface area contributed by atoms with Gasteiger partial charge in [-0.3, -0.25) is 14.4 Å². The van der Waals surface area contributed by atoms with E-state index in [2.05, 4.69) is 20.9 Å². The lowest BCUT2D eigenvalue weighted by molar-refractivity contribution is -0.115. The van der Waals surface area contributed by atoms with Crippen molar-refractivity contribution in [2.45, 2.75) is 17.1 Å². The Morgan fingerprint density at radius 3 is 2.34 bits per heavy atom. The average Bonchev–Trinajstić information content (AvgIpc) is 3.57. The second kappa shape index (κ2) is 15.7. The van der Waals surface area contributed by atoms with E-state index in [9.17, 15) is 14.4 Å². The van der Waals surface area contributed by atoms with E-state index in [0.29, 0.717) is 33.4 Å². The van der Waals surface area contributed by atoms with Crippen LogP contribution < -0.4 is 25.4 Å². The first-order chi connectivity index (χ1) is 22.8. The number of rotatable bonds is 12. The molecule has 0 saturated heterocycles. The van der Waals surface area contributed by atoms with E-state index in [4.69, 9.17) is 9.47 Å². The van der Waals surface area contributed by atoms with Crippen LogP contribution in [-0.4, -0.2) is 42.2 Å². The molecule has 0 spiro atoms. The maximum atomic E-state index is 13.4. The van der Waals surface area contributed by atoms with E-state index >= 15 is 0 Å². The van der Waals surface area contributed by atoms with Gasteiger partial charge in [0.05, 0.1) is 25.2 Å². The summed E-state index contributed by atoms with van der Waals surface area (Å²) < 4.78 is 10.7. The molecule has 0 saturated carbocycles. The third-order valence-electron chi connectivity index (χ3n) is 6.85. The normalized spacial score (nSPS) is 11.7. The molecule has 4 aromatic carbocycles. The highest BCUT2D eigenvalue weighted by atomic mass is 32.2. The van der Waals surface area contributed by atoms with E-state index < -0.39 is 17.1 Å². The molecule has 3 amide bonds. The molecule has 3 N–H and O–H groups in total. The first-order valence-electron chi connectivity index (χ1n) is 14.5. The lowest BCUT2D eigenvalue weighted by Crippen LogP contribution is -2.30. The Labute approximate surface area is 281 Å². The number of benzene rings is 4. The minimum absolute atomic E-state index is 0.0619. The number of carbonyl (C=O) groups excluding carboxylic acids is 3. The van der Waals surface area contributed by atoms with Gasteiger partial charge in [0.1, 0.15) is 17.2 Å². The first kappa shape index (κ1) is 33.0. The van der Waals surface area contributed by atoms with E-state index in [1.165, 1.54) is 23.1 Å². The van der Waals surface area contributed by atoms with Crippen molar-refractivity contribution in [3.63, 3.8) is 0 Å². The molecule has 0 aliphatic rings. The van der Waals surface area contributed by atoms with Gasteiger partial charge < -0.3 is 25.4 Å². The van der Waals surface area contributed by atoms with Crippen molar-refractivity contribution >= 4 is 57.7 Å². The number of carbonyl (C=O) groups is 3. The van der Waals surface area contributed by atoms with Crippen LogP contribution in [0.15, 0.2) is 119 Å². The fraction of sp³-hybridized carbons (Fsp3) is 0.111. The molecule has 11 heteroatoms. The predicted octanol–water partition coefficient (Wildman–Crippen LogP) is 7.36.